The Morgan fingerprint density at radius 3 is 2.60 bits per heavy atom. The molecule has 0 aliphatic carbocycles. The number of aliphatic carboxylic acids is 1. The van der Waals surface area contributed by atoms with Crippen LogP contribution in [0.4, 0.5) is 0 Å². The summed E-state index contributed by atoms with van der Waals surface area (Å²) < 4.78 is 0. The monoisotopic (exact) mass is 286 g/mol. The lowest BCUT2D eigenvalue weighted by Gasteiger charge is -2.09. The van der Waals surface area contributed by atoms with E-state index in [2.05, 4.69) is 0 Å². The number of halogens is 1. The van der Waals surface area contributed by atoms with Crippen molar-refractivity contribution >= 4 is 23.1 Å². The molecule has 0 fully saturated rings. The number of allylic oxidation sites excluding steroid dienone is 1. The summed E-state index contributed by atoms with van der Waals surface area (Å²) >= 11 is 6.15. The Kier molecular flexibility index (Phi) is 4.26. The second-order valence-electron chi connectivity index (χ2n) is 4.66. The van der Waals surface area contributed by atoms with Gasteiger partial charge in [0.25, 0.3) is 0 Å². The standard InChI is InChI=1S/C17H15ClO2/c1-11(9-17(19)20)13-5-3-6-14(10-13)15-7-4-8-16(18)12(15)2/h3-10H,1-2H3,(H,19,20)/b11-9+. The second-order valence-corrected chi connectivity index (χ2v) is 5.07. The van der Waals surface area contributed by atoms with E-state index in [4.69, 9.17) is 16.7 Å². The number of benzene rings is 2. The number of hydrogen-bond acceptors (Lipinski definition) is 1. The van der Waals surface area contributed by atoms with E-state index in [9.17, 15) is 4.79 Å². The van der Waals surface area contributed by atoms with Crippen LogP contribution in [0.3, 0.4) is 0 Å². The summed E-state index contributed by atoms with van der Waals surface area (Å²) in [7, 11) is 0. The summed E-state index contributed by atoms with van der Waals surface area (Å²) in [5, 5.41) is 9.55. The molecule has 102 valence electrons. The van der Waals surface area contributed by atoms with Gasteiger partial charge in [-0.3, -0.25) is 0 Å². The molecule has 2 aromatic carbocycles. The van der Waals surface area contributed by atoms with Crippen LogP contribution in [0, 0.1) is 6.92 Å². The van der Waals surface area contributed by atoms with Crippen molar-refractivity contribution in [3.8, 4) is 11.1 Å². The van der Waals surface area contributed by atoms with E-state index in [0.717, 1.165) is 32.8 Å². The Labute approximate surface area is 123 Å². The van der Waals surface area contributed by atoms with Crippen LogP contribution in [0.1, 0.15) is 18.1 Å². The highest BCUT2D eigenvalue weighted by atomic mass is 35.5. The van der Waals surface area contributed by atoms with Crippen LogP contribution >= 0.6 is 11.6 Å². The van der Waals surface area contributed by atoms with E-state index >= 15 is 0 Å². The van der Waals surface area contributed by atoms with Crippen LogP contribution in [-0.4, -0.2) is 11.1 Å². The van der Waals surface area contributed by atoms with Gasteiger partial charge in [-0.05, 0) is 53.8 Å². The minimum absolute atomic E-state index is 0.721. The zero-order chi connectivity index (χ0) is 14.7. The van der Waals surface area contributed by atoms with Gasteiger partial charge in [0.2, 0.25) is 0 Å². The highest BCUT2D eigenvalue weighted by molar-refractivity contribution is 6.31. The highest BCUT2D eigenvalue weighted by Gasteiger charge is 2.06. The summed E-state index contributed by atoms with van der Waals surface area (Å²) in [6.07, 6.45) is 1.21. The molecule has 0 unspecified atom stereocenters. The smallest absolute Gasteiger partial charge is 0.328 e. The van der Waals surface area contributed by atoms with E-state index in [0.29, 0.717) is 0 Å². The lowest BCUT2D eigenvalue weighted by molar-refractivity contribution is -0.131. The Morgan fingerprint density at radius 2 is 1.90 bits per heavy atom. The quantitative estimate of drug-likeness (QED) is 0.823. The molecular weight excluding hydrogens is 272 g/mol. The van der Waals surface area contributed by atoms with Crippen molar-refractivity contribution in [3.63, 3.8) is 0 Å². The van der Waals surface area contributed by atoms with Crippen molar-refractivity contribution in [2.45, 2.75) is 13.8 Å². The normalized spacial score (nSPS) is 11.4. The number of rotatable bonds is 3. The van der Waals surface area contributed by atoms with Crippen LogP contribution in [0.2, 0.25) is 5.02 Å². The number of carboxylic acids is 1. The molecule has 2 aromatic rings. The maximum atomic E-state index is 10.7. The van der Waals surface area contributed by atoms with Crippen molar-refractivity contribution in [2.24, 2.45) is 0 Å². The third kappa shape index (κ3) is 3.09. The molecule has 2 rings (SSSR count). The molecule has 0 aliphatic rings. The third-order valence-electron chi connectivity index (χ3n) is 3.24. The molecule has 0 spiro atoms. The van der Waals surface area contributed by atoms with E-state index in [1.165, 1.54) is 6.08 Å². The van der Waals surface area contributed by atoms with E-state index in [1.54, 1.807) is 6.92 Å². The lowest BCUT2D eigenvalue weighted by Crippen LogP contribution is -1.91. The van der Waals surface area contributed by atoms with Gasteiger partial charge in [0, 0.05) is 11.1 Å². The van der Waals surface area contributed by atoms with Gasteiger partial charge in [0.05, 0.1) is 0 Å². The number of carbonyl (C=O) groups is 1. The summed E-state index contributed by atoms with van der Waals surface area (Å²) in [6, 6.07) is 13.6. The van der Waals surface area contributed by atoms with Crippen LogP contribution < -0.4 is 0 Å². The maximum Gasteiger partial charge on any atom is 0.328 e. The summed E-state index contributed by atoms with van der Waals surface area (Å²) in [5.41, 5.74) is 4.72. The first-order valence-corrected chi connectivity index (χ1v) is 6.64. The molecule has 0 saturated carbocycles. The lowest BCUT2D eigenvalue weighted by atomic mass is 9.97. The average molecular weight is 287 g/mol. The van der Waals surface area contributed by atoms with Gasteiger partial charge in [-0.1, -0.05) is 41.9 Å². The third-order valence-corrected chi connectivity index (χ3v) is 3.65. The van der Waals surface area contributed by atoms with Gasteiger partial charge in [-0.15, -0.1) is 0 Å². The fourth-order valence-corrected chi connectivity index (χ4v) is 2.30. The SMILES string of the molecule is C/C(=C\C(=O)O)c1cccc(-c2cccc(Cl)c2C)c1. The van der Waals surface area contributed by atoms with E-state index in [1.807, 2.05) is 49.4 Å². The molecule has 0 amide bonds. The number of hydrogen-bond donors (Lipinski definition) is 1. The molecule has 0 radical (unpaired) electrons. The molecule has 0 saturated heterocycles. The molecule has 0 aliphatic heterocycles. The van der Waals surface area contributed by atoms with Gasteiger partial charge < -0.3 is 5.11 Å². The average Bonchev–Trinajstić information content (AvgIpc) is 2.41. The van der Waals surface area contributed by atoms with Crippen LogP contribution in [0.5, 0.6) is 0 Å². The fraction of sp³-hybridized carbons (Fsp3) is 0.118. The van der Waals surface area contributed by atoms with Crippen molar-refractivity contribution in [1.29, 1.82) is 0 Å². The van der Waals surface area contributed by atoms with Crippen LogP contribution in [0.15, 0.2) is 48.5 Å². The number of carboxylic acid groups (broad SMARTS) is 1. The maximum absolute atomic E-state index is 10.7. The molecule has 3 heteroatoms. The molecule has 0 bridgehead atoms. The van der Waals surface area contributed by atoms with Crippen LogP contribution in [-0.2, 0) is 4.79 Å². The Hall–Kier alpha value is -2.06. The predicted octanol–water partition coefficient (Wildman–Crippen LogP) is 4.80. The Morgan fingerprint density at radius 1 is 1.20 bits per heavy atom. The minimum atomic E-state index is -0.938. The van der Waals surface area contributed by atoms with Crippen molar-refractivity contribution < 1.29 is 9.90 Å². The summed E-state index contributed by atoms with van der Waals surface area (Å²) in [6.45, 7) is 3.77. The zero-order valence-electron chi connectivity index (χ0n) is 11.4. The van der Waals surface area contributed by atoms with E-state index < -0.39 is 5.97 Å². The zero-order valence-corrected chi connectivity index (χ0v) is 12.1. The molecular formula is C17H15ClO2. The van der Waals surface area contributed by atoms with Gasteiger partial charge >= 0.3 is 5.97 Å². The molecule has 0 atom stereocenters. The Bertz CT molecular complexity index is 687. The van der Waals surface area contributed by atoms with Crippen molar-refractivity contribution in [2.75, 3.05) is 0 Å². The van der Waals surface area contributed by atoms with Crippen molar-refractivity contribution in [3.05, 3.63) is 64.7 Å². The summed E-state index contributed by atoms with van der Waals surface area (Å²) in [5.74, 6) is -0.938. The van der Waals surface area contributed by atoms with Crippen LogP contribution in [0.25, 0.3) is 16.7 Å². The topological polar surface area (TPSA) is 37.3 Å². The van der Waals surface area contributed by atoms with Crippen molar-refractivity contribution in [1.82, 2.24) is 0 Å². The largest absolute Gasteiger partial charge is 0.478 e. The fourth-order valence-electron chi connectivity index (χ4n) is 2.12. The van der Waals surface area contributed by atoms with Gasteiger partial charge in [-0.25, -0.2) is 4.79 Å². The molecule has 0 heterocycles. The van der Waals surface area contributed by atoms with Gasteiger partial charge in [0.15, 0.2) is 0 Å². The molecule has 20 heavy (non-hydrogen) atoms. The minimum Gasteiger partial charge on any atom is -0.478 e. The summed E-state index contributed by atoms with van der Waals surface area (Å²) in [4.78, 5) is 10.7. The molecule has 0 aromatic heterocycles. The van der Waals surface area contributed by atoms with E-state index in [-0.39, 0.29) is 0 Å². The molecule has 2 nitrogen and oxygen atoms in total. The molecule has 1 N–H and O–H groups in total. The predicted molar refractivity (Wildman–Crippen MR) is 82.9 cm³/mol. The van der Waals surface area contributed by atoms with Gasteiger partial charge in [-0.2, -0.15) is 0 Å². The first kappa shape index (κ1) is 14.4. The second kappa shape index (κ2) is 5.93. The first-order valence-electron chi connectivity index (χ1n) is 6.26. The highest BCUT2D eigenvalue weighted by Crippen LogP contribution is 2.30. The van der Waals surface area contributed by atoms with Gasteiger partial charge in [0.1, 0.15) is 0 Å². The Balaban J connectivity index is 2.50. The first-order chi connectivity index (χ1) is 9.49.